The van der Waals surface area contributed by atoms with Gasteiger partial charge in [-0.25, -0.2) is 0 Å². The van der Waals surface area contributed by atoms with E-state index in [1.54, 1.807) is 0 Å². The summed E-state index contributed by atoms with van der Waals surface area (Å²) in [6, 6.07) is 8.00. The highest BCUT2D eigenvalue weighted by molar-refractivity contribution is 5.69. The molecule has 3 heteroatoms. The molecule has 1 aromatic carbocycles. The first-order valence-electron chi connectivity index (χ1n) is 5.98. The van der Waals surface area contributed by atoms with Crippen LogP contribution in [0.15, 0.2) is 24.3 Å². The fourth-order valence-corrected chi connectivity index (χ4v) is 1.62. The van der Waals surface area contributed by atoms with Crippen LogP contribution in [-0.4, -0.2) is 19.2 Å². The van der Waals surface area contributed by atoms with Gasteiger partial charge in [0.15, 0.2) is 0 Å². The molecule has 0 N–H and O–H groups in total. The van der Waals surface area contributed by atoms with Crippen LogP contribution in [0.2, 0.25) is 0 Å². The minimum atomic E-state index is -0.250. The lowest BCUT2D eigenvalue weighted by atomic mass is 10.1. The summed E-state index contributed by atoms with van der Waals surface area (Å²) in [5.74, 6) is 0.543. The van der Waals surface area contributed by atoms with Gasteiger partial charge in [0.05, 0.1) is 13.5 Å². The van der Waals surface area contributed by atoms with E-state index in [1.807, 2.05) is 19.1 Å². The van der Waals surface area contributed by atoms with Gasteiger partial charge in [0.25, 0.3) is 0 Å². The summed E-state index contributed by atoms with van der Waals surface area (Å²) < 4.78 is 10.2. The van der Waals surface area contributed by atoms with Gasteiger partial charge in [-0.1, -0.05) is 25.5 Å². The summed E-state index contributed by atoms with van der Waals surface area (Å²) >= 11 is 0. The second-order valence-corrected chi connectivity index (χ2v) is 4.10. The number of aryl methyl sites for hydroxylation is 1. The first-order valence-corrected chi connectivity index (χ1v) is 5.98. The van der Waals surface area contributed by atoms with Gasteiger partial charge in [0.1, 0.15) is 11.9 Å². The molecular weight excluding hydrogens is 216 g/mol. The third-order valence-electron chi connectivity index (χ3n) is 2.48. The Kier molecular flexibility index (Phi) is 5.53. The van der Waals surface area contributed by atoms with Gasteiger partial charge in [-0.15, -0.1) is 0 Å². The number of methoxy groups -OCH3 is 1. The molecule has 0 aliphatic rings. The van der Waals surface area contributed by atoms with Crippen LogP contribution in [0.25, 0.3) is 0 Å². The number of carbonyl (C=O) groups is 1. The Morgan fingerprint density at radius 2 is 1.94 bits per heavy atom. The topological polar surface area (TPSA) is 35.5 Å². The fourth-order valence-electron chi connectivity index (χ4n) is 1.62. The van der Waals surface area contributed by atoms with E-state index in [-0.39, 0.29) is 18.5 Å². The molecule has 0 spiro atoms. The molecule has 0 aliphatic carbocycles. The number of carbonyl (C=O) groups excluding carboxylic acids is 1. The molecule has 1 rings (SSSR count). The SMILES string of the molecule is CCCc1ccc(OC(C)CC(=O)OC)cc1. The number of ether oxygens (including phenoxy) is 2. The zero-order chi connectivity index (χ0) is 12.7. The molecule has 0 aromatic heterocycles. The lowest BCUT2D eigenvalue weighted by Gasteiger charge is -2.13. The highest BCUT2D eigenvalue weighted by Crippen LogP contribution is 2.15. The molecule has 1 atom stereocenters. The Labute approximate surface area is 103 Å². The van der Waals surface area contributed by atoms with Gasteiger partial charge >= 0.3 is 5.97 Å². The standard InChI is InChI=1S/C14H20O3/c1-4-5-12-6-8-13(9-7-12)17-11(2)10-14(15)16-3/h6-9,11H,4-5,10H2,1-3H3. The normalized spacial score (nSPS) is 11.9. The number of rotatable bonds is 6. The predicted molar refractivity (Wildman–Crippen MR) is 67.2 cm³/mol. The molecule has 0 aliphatic heterocycles. The van der Waals surface area contributed by atoms with E-state index in [2.05, 4.69) is 23.8 Å². The minimum Gasteiger partial charge on any atom is -0.490 e. The average molecular weight is 236 g/mol. The quantitative estimate of drug-likeness (QED) is 0.712. The van der Waals surface area contributed by atoms with E-state index in [1.165, 1.54) is 12.7 Å². The number of hydrogen-bond acceptors (Lipinski definition) is 3. The molecule has 3 nitrogen and oxygen atoms in total. The highest BCUT2D eigenvalue weighted by atomic mass is 16.5. The molecule has 17 heavy (non-hydrogen) atoms. The predicted octanol–water partition coefficient (Wildman–Crippen LogP) is 2.97. The molecule has 94 valence electrons. The van der Waals surface area contributed by atoms with Crippen LogP contribution in [0.3, 0.4) is 0 Å². The van der Waals surface area contributed by atoms with Gasteiger partial charge in [0, 0.05) is 0 Å². The van der Waals surface area contributed by atoms with Crippen molar-refractivity contribution in [1.29, 1.82) is 0 Å². The van der Waals surface area contributed by atoms with Crippen molar-refractivity contribution >= 4 is 5.97 Å². The van der Waals surface area contributed by atoms with E-state index in [4.69, 9.17) is 4.74 Å². The van der Waals surface area contributed by atoms with E-state index < -0.39 is 0 Å². The van der Waals surface area contributed by atoms with Gasteiger partial charge in [0.2, 0.25) is 0 Å². The fraction of sp³-hybridized carbons (Fsp3) is 0.500. The van der Waals surface area contributed by atoms with Crippen LogP contribution in [0.4, 0.5) is 0 Å². The third-order valence-corrected chi connectivity index (χ3v) is 2.48. The summed E-state index contributed by atoms with van der Waals surface area (Å²) in [6.07, 6.45) is 2.32. The van der Waals surface area contributed by atoms with E-state index in [0.717, 1.165) is 18.6 Å². The van der Waals surface area contributed by atoms with Crippen molar-refractivity contribution in [2.24, 2.45) is 0 Å². The molecule has 1 unspecified atom stereocenters. The summed E-state index contributed by atoms with van der Waals surface area (Å²) in [7, 11) is 1.38. The Hall–Kier alpha value is -1.51. The summed E-state index contributed by atoms with van der Waals surface area (Å²) in [5.41, 5.74) is 1.31. The molecule has 0 heterocycles. The summed E-state index contributed by atoms with van der Waals surface area (Å²) in [4.78, 5) is 11.0. The number of benzene rings is 1. The first kappa shape index (κ1) is 13.6. The third kappa shape index (κ3) is 4.89. The second-order valence-electron chi connectivity index (χ2n) is 4.10. The number of esters is 1. The molecule has 0 bridgehead atoms. The van der Waals surface area contributed by atoms with Crippen molar-refractivity contribution in [2.45, 2.75) is 39.2 Å². The van der Waals surface area contributed by atoms with Crippen LogP contribution in [0.1, 0.15) is 32.3 Å². The monoisotopic (exact) mass is 236 g/mol. The second kappa shape index (κ2) is 6.94. The molecule has 0 fully saturated rings. The molecule has 1 aromatic rings. The largest absolute Gasteiger partial charge is 0.490 e. The Morgan fingerprint density at radius 1 is 1.29 bits per heavy atom. The average Bonchev–Trinajstić information content (AvgIpc) is 2.31. The molecule has 0 amide bonds. The maximum atomic E-state index is 11.0. The van der Waals surface area contributed by atoms with E-state index in [9.17, 15) is 4.79 Å². The Balaban J connectivity index is 2.48. The summed E-state index contributed by atoms with van der Waals surface area (Å²) in [5, 5.41) is 0. The van der Waals surface area contributed by atoms with Crippen LogP contribution in [0.5, 0.6) is 5.75 Å². The minimum absolute atomic E-state index is 0.167. The maximum absolute atomic E-state index is 11.0. The van der Waals surface area contributed by atoms with Crippen molar-refractivity contribution in [2.75, 3.05) is 7.11 Å². The van der Waals surface area contributed by atoms with Gasteiger partial charge in [-0.05, 0) is 31.0 Å². The lowest BCUT2D eigenvalue weighted by molar-refractivity contribution is -0.142. The van der Waals surface area contributed by atoms with Gasteiger partial charge in [-0.3, -0.25) is 4.79 Å². The van der Waals surface area contributed by atoms with Gasteiger partial charge in [-0.2, -0.15) is 0 Å². The zero-order valence-corrected chi connectivity index (χ0v) is 10.7. The smallest absolute Gasteiger partial charge is 0.309 e. The van der Waals surface area contributed by atoms with Crippen LogP contribution >= 0.6 is 0 Å². The van der Waals surface area contributed by atoms with Crippen LogP contribution < -0.4 is 4.74 Å². The zero-order valence-electron chi connectivity index (χ0n) is 10.7. The van der Waals surface area contributed by atoms with Crippen LogP contribution in [-0.2, 0) is 16.0 Å². The molecule has 0 saturated heterocycles. The highest BCUT2D eigenvalue weighted by Gasteiger charge is 2.10. The Morgan fingerprint density at radius 3 is 2.47 bits per heavy atom. The molecule has 0 saturated carbocycles. The van der Waals surface area contributed by atoms with Crippen LogP contribution in [0, 0.1) is 0 Å². The Bertz CT molecular complexity index is 343. The molecular formula is C14H20O3. The summed E-state index contributed by atoms with van der Waals surface area (Å²) in [6.45, 7) is 4.01. The van der Waals surface area contributed by atoms with E-state index in [0.29, 0.717) is 0 Å². The van der Waals surface area contributed by atoms with Crippen molar-refractivity contribution in [3.05, 3.63) is 29.8 Å². The van der Waals surface area contributed by atoms with Gasteiger partial charge < -0.3 is 9.47 Å². The first-order chi connectivity index (χ1) is 8.15. The van der Waals surface area contributed by atoms with E-state index >= 15 is 0 Å². The number of hydrogen-bond donors (Lipinski definition) is 0. The molecule has 0 radical (unpaired) electrons. The van der Waals surface area contributed by atoms with Crippen molar-refractivity contribution in [3.8, 4) is 5.75 Å². The lowest BCUT2D eigenvalue weighted by Crippen LogP contribution is -2.17. The van der Waals surface area contributed by atoms with Crippen molar-refractivity contribution in [3.63, 3.8) is 0 Å². The van der Waals surface area contributed by atoms with Crippen molar-refractivity contribution < 1.29 is 14.3 Å². The van der Waals surface area contributed by atoms with Crippen molar-refractivity contribution in [1.82, 2.24) is 0 Å². The maximum Gasteiger partial charge on any atom is 0.309 e.